The highest BCUT2D eigenvalue weighted by molar-refractivity contribution is 5.94. The van der Waals surface area contributed by atoms with Crippen molar-refractivity contribution in [3.8, 4) is 11.5 Å². The number of anilines is 1. The topological polar surface area (TPSA) is 84.0 Å². The van der Waals surface area contributed by atoms with Gasteiger partial charge in [-0.1, -0.05) is 6.07 Å². The zero-order valence-electron chi connectivity index (χ0n) is 14.2. The highest BCUT2D eigenvalue weighted by atomic mass is 19.1. The Morgan fingerprint density at radius 2 is 1.88 bits per heavy atom. The maximum Gasteiger partial charge on any atom is 0.243 e. The van der Waals surface area contributed by atoms with Gasteiger partial charge in [-0.15, -0.1) is 0 Å². The van der Waals surface area contributed by atoms with E-state index in [0.29, 0.717) is 23.9 Å². The molecule has 7 nitrogen and oxygen atoms in total. The van der Waals surface area contributed by atoms with E-state index in [9.17, 15) is 9.18 Å². The number of carbonyl (C=O) groups is 1. The van der Waals surface area contributed by atoms with Crippen LogP contribution in [-0.4, -0.2) is 32.3 Å². The Kier molecular flexibility index (Phi) is 5.52. The van der Waals surface area contributed by atoms with Gasteiger partial charge in [0.05, 0.1) is 6.54 Å². The number of ether oxygens (including phenoxy) is 2. The number of hydrogen-bond acceptors (Lipinski definition) is 4. The van der Waals surface area contributed by atoms with Crippen LogP contribution in [0.5, 0.6) is 11.5 Å². The third-order valence-electron chi connectivity index (χ3n) is 3.66. The van der Waals surface area contributed by atoms with Gasteiger partial charge in [-0.25, -0.2) is 4.39 Å². The van der Waals surface area contributed by atoms with E-state index in [1.807, 2.05) is 18.2 Å². The molecule has 1 aliphatic heterocycles. The smallest absolute Gasteiger partial charge is 0.243 e. The Morgan fingerprint density at radius 1 is 1.12 bits per heavy atom. The van der Waals surface area contributed by atoms with Crippen LogP contribution in [0.3, 0.4) is 0 Å². The van der Waals surface area contributed by atoms with Gasteiger partial charge in [0.15, 0.2) is 17.5 Å². The van der Waals surface area contributed by atoms with Gasteiger partial charge in [0.1, 0.15) is 5.82 Å². The highest BCUT2D eigenvalue weighted by Gasteiger charge is 2.13. The lowest BCUT2D eigenvalue weighted by Gasteiger charge is -2.12. The van der Waals surface area contributed by atoms with Crippen molar-refractivity contribution in [3.63, 3.8) is 0 Å². The average molecular weight is 358 g/mol. The molecule has 0 saturated carbocycles. The van der Waals surface area contributed by atoms with Crippen LogP contribution in [0.2, 0.25) is 0 Å². The molecule has 1 amide bonds. The molecule has 0 atom stereocenters. The number of halogens is 1. The Bertz CT molecular complexity index is 809. The Hall–Kier alpha value is -3.29. The van der Waals surface area contributed by atoms with Gasteiger partial charge in [0.2, 0.25) is 12.7 Å². The van der Waals surface area contributed by atoms with E-state index in [-0.39, 0.29) is 25.1 Å². The minimum atomic E-state index is -0.353. The third-order valence-corrected chi connectivity index (χ3v) is 3.66. The van der Waals surface area contributed by atoms with Crippen LogP contribution in [0.1, 0.15) is 5.56 Å². The number of amides is 1. The third kappa shape index (κ3) is 4.62. The first-order valence-corrected chi connectivity index (χ1v) is 8.02. The molecule has 0 bridgehead atoms. The van der Waals surface area contributed by atoms with Crippen LogP contribution in [0.4, 0.5) is 10.1 Å². The summed E-state index contributed by atoms with van der Waals surface area (Å²) in [5.74, 6) is 1.31. The first kappa shape index (κ1) is 17.5. The second-order valence-electron chi connectivity index (χ2n) is 5.52. The van der Waals surface area contributed by atoms with Crippen LogP contribution in [0.25, 0.3) is 0 Å². The molecule has 26 heavy (non-hydrogen) atoms. The van der Waals surface area contributed by atoms with Gasteiger partial charge in [-0.3, -0.25) is 9.79 Å². The summed E-state index contributed by atoms with van der Waals surface area (Å²) in [6, 6.07) is 11.2. The van der Waals surface area contributed by atoms with E-state index in [1.54, 1.807) is 7.05 Å². The van der Waals surface area contributed by atoms with Crippen LogP contribution >= 0.6 is 0 Å². The van der Waals surface area contributed by atoms with Crippen molar-refractivity contribution in [2.75, 3.05) is 25.7 Å². The monoisotopic (exact) mass is 358 g/mol. The molecule has 0 unspecified atom stereocenters. The number of rotatable bonds is 5. The summed E-state index contributed by atoms with van der Waals surface area (Å²) in [5.41, 5.74) is 1.52. The molecule has 0 saturated heterocycles. The van der Waals surface area contributed by atoms with E-state index in [4.69, 9.17) is 9.47 Å². The lowest BCUT2D eigenvalue weighted by atomic mass is 10.2. The Labute approximate surface area is 150 Å². The fraction of sp³-hybridized carbons (Fsp3) is 0.222. The maximum absolute atomic E-state index is 12.9. The number of carbonyl (C=O) groups excluding carboxylic acids is 1. The number of hydrogen-bond donors (Lipinski definition) is 3. The van der Waals surface area contributed by atoms with Crippen LogP contribution < -0.4 is 25.4 Å². The van der Waals surface area contributed by atoms with Crippen molar-refractivity contribution in [1.82, 2.24) is 10.6 Å². The predicted molar refractivity (Wildman–Crippen MR) is 95.8 cm³/mol. The number of fused-ring (bicyclic) bond motifs is 1. The summed E-state index contributed by atoms with van der Waals surface area (Å²) < 4.78 is 23.5. The molecule has 3 rings (SSSR count). The second kappa shape index (κ2) is 8.19. The summed E-state index contributed by atoms with van der Waals surface area (Å²) in [4.78, 5) is 16.0. The van der Waals surface area contributed by atoms with Gasteiger partial charge in [-0.05, 0) is 42.0 Å². The van der Waals surface area contributed by atoms with Gasteiger partial charge in [-0.2, -0.15) is 0 Å². The summed E-state index contributed by atoms with van der Waals surface area (Å²) in [6.45, 7) is 0.771. The number of benzene rings is 2. The molecule has 0 radical (unpaired) electrons. The largest absolute Gasteiger partial charge is 0.454 e. The maximum atomic E-state index is 12.9. The van der Waals surface area contributed by atoms with E-state index in [2.05, 4.69) is 20.9 Å². The first-order valence-electron chi connectivity index (χ1n) is 8.02. The minimum Gasteiger partial charge on any atom is -0.454 e. The lowest BCUT2D eigenvalue weighted by molar-refractivity contribution is -0.115. The molecule has 0 spiro atoms. The zero-order valence-corrected chi connectivity index (χ0v) is 14.2. The molecule has 0 aromatic heterocycles. The molecule has 0 aliphatic carbocycles. The minimum absolute atomic E-state index is 0.0260. The molecule has 2 aromatic carbocycles. The molecular formula is C18H19FN4O3. The zero-order chi connectivity index (χ0) is 18.4. The fourth-order valence-electron chi connectivity index (χ4n) is 2.36. The van der Waals surface area contributed by atoms with Crippen molar-refractivity contribution < 1.29 is 18.7 Å². The Morgan fingerprint density at radius 3 is 2.65 bits per heavy atom. The van der Waals surface area contributed by atoms with Gasteiger partial charge < -0.3 is 25.4 Å². The number of nitrogens with one attached hydrogen (secondary N) is 3. The average Bonchev–Trinajstić information content (AvgIpc) is 3.11. The first-order chi connectivity index (χ1) is 12.6. The summed E-state index contributed by atoms with van der Waals surface area (Å²) in [7, 11) is 1.62. The van der Waals surface area contributed by atoms with E-state index < -0.39 is 0 Å². The van der Waals surface area contributed by atoms with Crippen molar-refractivity contribution in [2.24, 2.45) is 4.99 Å². The van der Waals surface area contributed by atoms with Crippen molar-refractivity contribution in [3.05, 3.63) is 53.8 Å². The second-order valence-corrected chi connectivity index (χ2v) is 5.52. The molecule has 1 aliphatic rings. The molecule has 0 fully saturated rings. The highest BCUT2D eigenvalue weighted by Crippen LogP contribution is 2.32. The number of nitrogens with zero attached hydrogens (tertiary/aromatic N) is 1. The van der Waals surface area contributed by atoms with Crippen LogP contribution in [-0.2, 0) is 11.3 Å². The van der Waals surface area contributed by atoms with Gasteiger partial charge in [0, 0.05) is 19.3 Å². The summed E-state index contributed by atoms with van der Waals surface area (Å²) in [5, 5.41) is 8.71. The van der Waals surface area contributed by atoms with Gasteiger partial charge >= 0.3 is 0 Å². The molecule has 2 aromatic rings. The molecular weight excluding hydrogens is 339 g/mol. The molecule has 1 heterocycles. The Balaban J connectivity index is 1.45. The lowest BCUT2D eigenvalue weighted by Crippen LogP contribution is -2.41. The van der Waals surface area contributed by atoms with Crippen molar-refractivity contribution in [2.45, 2.75) is 6.54 Å². The summed E-state index contributed by atoms with van der Waals surface area (Å²) >= 11 is 0. The number of aliphatic imine (C=N–C) groups is 1. The standard InChI is InChI=1S/C18H19FN4O3/c1-20-18(21-9-12-2-7-15-16(8-12)26-11-25-15)22-10-17(24)23-14-5-3-13(19)4-6-14/h2-8H,9-11H2,1H3,(H,23,24)(H2,20,21,22). The van der Waals surface area contributed by atoms with E-state index in [0.717, 1.165) is 11.3 Å². The molecule has 136 valence electrons. The predicted octanol–water partition coefficient (Wildman–Crippen LogP) is 1.86. The van der Waals surface area contributed by atoms with E-state index >= 15 is 0 Å². The SMILES string of the molecule is CN=C(NCC(=O)Nc1ccc(F)cc1)NCc1ccc2c(c1)OCO2. The van der Waals surface area contributed by atoms with Crippen molar-refractivity contribution >= 4 is 17.6 Å². The summed E-state index contributed by atoms with van der Waals surface area (Å²) in [6.07, 6.45) is 0. The van der Waals surface area contributed by atoms with Gasteiger partial charge in [0.25, 0.3) is 0 Å². The molecule has 8 heteroatoms. The van der Waals surface area contributed by atoms with Crippen LogP contribution in [0.15, 0.2) is 47.5 Å². The van der Waals surface area contributed by atoms with E-state index in [1.165, 1.54) is 24.3 Å². The van der Waals surface area contributed by atoms with Crippen LogP contribution in [0, 0.1) is 5.82 Å². The fourth-order valence-corrected chi connectivity index (χ4v) is 2.36. The normalized spacial score (nSPS) is 12.6. The van der Waals surface area contributed by atoms with Crippen molar-refractivity contribution in [1.29, 1.82) is 0 Å². The quantitative estimate of drug-likeness (QED) is 0.561. The number of guanidine groups is 1. The molecule has 3 N–H and O–H groups in total.